The Kier molecular flexibility index (Phi) is 3.69. The van der Waals surface area contributed by atoms with E-state index < -0.39 is 0 Å². The van der Waals surface area contributed by atoms with Gasteiger partial charge in [0.15, 0.2) is 0 Å². The SMILES string of the molecule is Cc1[nH]c(=O)sc1CNCC(C)C. The number of aryl methyl sites for hydroxylation is 1. The van der Waals surface area contributed by atoms with Crippen molar-refractivity contribution in [2.75, 3.05) is 6.54 Å². The summed E-state index contributed by atoms with van der Waals surface area (Å²) in [5.41, 5.74) is 0.992. The highest BCUT2D eigenvalue weighted by Crippen LogP contribution is 2.06. The molecule has 0 fully saturated rings. The lowest BCUT2D eigenvalue weighted by molar-refractivity contribution is 0.554. The minimum absolute atomic E-state index is 0.0406. The van der Waals surface area contributed by atoms with Crippen LogP contribution in [0.3, 0.4) is 0 Å². The van der Waals surface area contributed by atoms with Crippen LogP contribution >= 0.6 is 11.3 Å². The number of thiazole rings is 1. The molecular weight excluding hydrogens is 184 g/mol. The summed E-state index contributed by atoms with van der Waals surface area (Å²) in [5.74, 6) is 0.649. The van der Waals surface area contributed by atoms with E-state index in [0.29, 0.717) is 5.92 Å². The fourth-order valence-corrected chi connectivity index (χ4v) is 1.89. The van der Waals surface area contributed by atoms with Gasteiger partial charge in [0, 0.05) is 17.1 Å². The van der Waals surface area contributed by atoms with Gasteiger partial charge in [-0.05, 0) is 19.4 Å². The lowest BCUT2D eigenvalue weighted by Gasteiger charge is -2.05. The number of aromatic amines is 1. The number of hydrogen-bond donors (Lipinski definition) is 2. The molecule has 0 amide bonds. The molecule has 74 valence electrons. The van der Waals surface area contributed by atoms with Crippen molar-refractivity contribution >= 4 is 11.3 Å². The monoisotopic (exact) mass is 200 g/mol. The second kappa shape index (κ2) is 4.58. The molecule has 1 aromatic heterocycles. The lowest BCUT2D eigenvalue weighted by atomic mass is 10.2. The molecule has 4 heteroatoms. The average Bonchev–Trinajstić information content (AvgIpc) is 2.29. The Labute approximate surface area is 82.2 Å². The normalized spacial score (nSPS) is 11.1. The zero-order valence-electron chi connectivity index (χ0n) is 8.31. The predicted octanol–water partition coefficient (Wildman–Crippen LogP) is 1.49. The Morgan fingerprint density at radius 3 is 2.69 bits per heavy atom. The summed E-state index contributed by atoms with van der Waals surface area (Å²) in [4.78, 5) is 14.9. The summed E-state index contributed by atoms with van der Waals surface area (Å²) in [6.07, 6.45) is 0. The third-order valence-corrected chi connectivity index (χ3v) is 2.75. The molecule has 0 saturated carbocycles. The van der Waals surface area contributed by atoms with E-state index in [2.05, 4.69) is 24.1 Å². The van der Waals surface area contributed by atoms with Gasteiger partial charge in [-0.2, -0.15) is 0 Å². The molecule has 1 rings (SSSR count). The van der Waals surface area contributed by atoms with Crippen LogP contribution in [0.4, 0.5) is 0 Å². The predicted molar refractivity (Wildman–Crippen MR) is 56.2 cm³/mol. The van der Waals surface area contributed by atoms with Crippen LogP contribution < -0.4 is 10.2 Å². The second-order valence-electron chi connectivity index (χ2n) is 3.59. The molecule has 3 nitrogen and oxygen atoms in total. The summed E-state index contributed by atoms with van der Waals surface area (Å²) in [6, 6.07) is 0. The Bertz CT molecular complexity index is 314. The minimum Gasteiger partial charge on any atom is -0.317 e. The zero-order valence-corrected chi connectivity index (χ0v) is 9.12. The molecule has 0 bridgehead atoms. The first-order chi connectivity index (χ1) is 6.09. The summed E-state index contributed by atoms with van der Waals surface area (Å²) in [7, 11) is 0. The molecular formula is C9H16N2OS. The van der Waals surface area contributed by atoms with Gasteiger partial charge in [-0.3, -0.25) is 4.79 Å². The van der Waals surface area contributed by atoms with Gasteiger partial charge >= 0.3 is 4.87 Å². The average molecular weight is 200 g/mol. The Morgan fingerprint density at radius 1 is 1.54 bits per heavy atom. The van der Waals surface area contributed by atoms with Crippen molar-refractivity contribution in [1.29, 1.82) is 0 Å². The van der Waals surface area contributed by atoms with Gasteiger partial charge in [-0.25, -0.2) is 0 Å². The second-order valence-corrected chi connectivity index (χ2v) is 4.66. The van der Waals surface area contributed by atoms with Crippen molar-refractivity contribution in [3.8, 4) is 0 Å². The molecule has 0 aromatic carbocycles. The van der Waals surface area contributed by atoms with Gasteiger partial charge in [-0.15, -0.1) is 0 Å². The molecule has 2 N–H and O–H groups in total. The summed E-state index contributed by atoms with van der Waals surface area (Å²) < 4.78 is 0. The van der Waals surface area contributed by atoms with E-state index in [0.717, 1.165) is 23.7 Å². The molecule has 0 aliphatic carbocycles. The van der Waals surface area contributed by atoms with E-state index in [1.54, 1.807) is 0 Å². The van der Waals surface area contributed by atoms with Crippen molar-refractivity contribution in [3.63, 3.8) is 0 Å². The van der Waals surface area contributed by atoms with Gasteiger partial charge in [-0.1, -0.05) is 25.2 Å². The maximum Gasteiger partial charge on any atom is 0.304 e. The first-order valence-electron chi connectivity index (χ1n) is 4.49. The van der Waals surface area contributed by atoms with Gasteiger partial charge in [0.1, 0.15) is 0 Å². The first-order valence-corrected chi connectivity index (χ1v) is 5.30. The van der Waals surface area contributed by atoms with E-state index in [9.17, 15) is 4.79 Å². The van der Waals surface area contributed by atoms with E-state index in [1.807, 2.05) is 6.92 Å². The number of aromatic nitrogens is 1. The Balaban J connectivity index is 2.45. The smallest absolute Gasteiger partial charge is 0.304 e. The number of nitrogens with one attached hydrogen (secondary N) is 2. The Hall–Kier alpha value is -0.610. The highest BCUT2D eigenvalue weighted by Gasteiger charge is 2.02. The molecule has 0 unspecified atom stereocenters. The van der Waals surface area contributed by atoms with Crippen LogP contribution in [0.25, 0.3) is 0 Å². The molecule has 0 aliphatic heterocycles. The largest absolute Gasteiger partial charge is 0.317 e. The molecule has 1 aromatic rings. The topological polar surface area (TPSA) is 44.9 Å². The van der Waals surface area contributed by atoms with Crippen LogP contribution in [0.5, 0.6) is 0 Å². The van der Waals surface area contributed by atoms with Crippen LogP contribution in [-0.4, -0.2) is 11.5 Å². The van der Waals surface area contributed by atoms with Crippen molar-refractivity contribution in [1.82, 2.24) is 10.3 Å². The van der Waals surface area contributed by atoms with E-state index >= 15 is 0 Å². The summed E-state index contributed by atoms with van der Waals surface area (Å²) in [6.45, 7) is 8.06. The van der Waals surface area contributed by atoms with Crippen molar-refractivity contribution in [2.24, 2.45) is 5.92 Å². The fourth-order valence-electron chi connectivity index (χ4n) is 1.08. The first kappa shape index (κ1) is 10.5. The van der Waals surface area contributed by atoms with Gasteiger partial charge in [0.25, 0.3) is 0 Å². The standard InChI is InChI=1S/C9H16N2OS/c1-6(2)4-10-5-8-7(3)11-9(12)13-8/h6,10H,4-5H2,1-3H3,(H,11,12). The van der Waals surface area contributed by atoms with Gasteiger partial charge in [0.05, 0.1) is 0 Å². The maximum absolute atomic E-state index is 10.9. The van der Waals surface area contributed by atoms with E-state index in [-0.39, 0.29) is 4.87 Å². The van der Waals surface area contributed by atoms with E-state index in [1.165, 1.54) is 11.3 Å². The molecule has 0 aliphatic rings. The fraction of sp³-hybridized carbons (Fsp3) is 0.667. The zero-order chi connectivity index (χ0) is 9.84. The molecule has 0 saturated heterocycles. The summed E-state index contributed by atoms with van der Waals surface area (Å²) in [5, 5.41) is 3.31. The van der Waals surface area contributed by atoms with Crippen molar-refractivity contribution in [3.05, 3.63) is 20.2 Å². The number of H-pyrrole nitrogens is 1. The van der Waals surface area contributed by atoms with Crippen LogP contribution in [0, 0.1) is 12.8 Å². The number of rotatable bonds is 4. The molecule has 13 heavy (non-hydrogen) atoms. The molecule has 0 spiro atoms. The third-order valence-electron chi connectivity index (χ3n) is 1.76. The Morgan fingerprint density at radius 2 is 2.23 bits per heavy atom. The van der Waals surface area contributed by atoms with Crippen molar-refractivity contribution < 1.29 is 0 Å². The van der Waals surface area contributed by atoms with Crippen LogP contribution in [-0.2, 0) is 6.54 Å². The molecule has 0 radical (unpaired) electrons. The molecule has 1 heterocycles. The van der Waals surface area contributed by atoms with Crippen LogP contribution in [0.2, 0.25) is 0 Å². The lowest BCUT2D eigenvalue weighted by Crippen LogP contribution is -2.18. The quantitative estimate of drug-likeness (QED) is 0.773. The summed E-state index contributed by atoms with van der Waals surface area (Å²) >= 11 is 1.29. The van der Waals surface area contributed by atoms with Crippen molar-refractivity contribution in [2.45, 2.75) is 27.3 Å². The maximum atomic E-state index is 10.9. The molecule has 0 atom stereocenters. The third kappa shape index (κ3) is 3.32. The minimum atomic E-state index is 0.0406. The highest BCUT2D eigenvalue weighted by molar-refractivity contribution is 7.09. The highest BCUT2D eigenvalue weighted by atomic mass is 32.1. The van der Waals surface area contributed by atoms with Crippen LogP contribution in [0.15, 0.2) is 4.79 Å². The van der Waals surface area contributed by atoms with Crippen LogP contribution in [0.1, 0.15) is 24.4 Å². The van der Waals surface area contributed by atoms with Gasteiger partial charge in [0.2, 0.25) is 0 Å². The van der Waals surface area contributed by atoms with E-state index in [4.69, 9.17) is 0 Å². The number of hydrogen-bond acceptors (Lipinski definition) is 3. The van der Waals surface area contributed by atoms with Gasteiger partial charge < -0.3 is 10.3 Å².